The first-order valence-corrected chi connectivity index (χ1v) is 11.0. The van der Waals surface area contributed by atoms with Crippen LogP contribution in [0.4, 0.5) is 0 Å². The minimum Gasteiger partial charge on any atom is -0.507 e. The number of aliphatic hydroxyl groups excluding tert-OH is 1. The van der Waals surface area contributed by atoms with E-state index in [2.05, 4.69) is 4.98 Å². The minimum atomic E-state index is -0.661. The Labute approximate surface area is 187 Å². The Morgan fingerprint density at radius 1 is 1.19 bits per heavy atom. The van der Waals surface area contributed by atoms with Crippen molar-refractivity contribution in [1.29, 1.82) is 0 Å². The second kappa shape index (κ2) is 8.54. The molecule has 3 aromatic rings. The Hall–Kier alpha value is -3.54. The van der Waals surface area contributed by atoms with Gasteiger partial charge in [-0.25, -0.2) is 0 Å². The molecule has 0 saturated carbocycles. The van der Waals surface area contributed by atoms with Gasteiger partial charge in [0.25, 0.3) is 11.7 Å². The van der Waals surface area contributed by atoms with E-state index in [0.717, 1.165) is 27.8 Å². The third-order valence-corrected chi connectivity index (χ3v) is 5.73. The van der Waals surface area contributed by atoms with Crippen molar-refractivity contribution in [3.05, 3.63) is 70.9 Å². The van der Waals surface area contributed by atoms with Crippen LogP contribution in [0.2, 0.25) is 0 Å². The number of carbonyl (C=O) groups is 2. The first kappa shape index (κ1) is 21.7. The third kappa shape index (κ3) is 3.66. The monoisotopic (exact) mass is 432 g/mol. The van der Waals surface area contributed by atoms with Crippen LogP contribution in [0.3, 0.4) is 0 Å². The summed E-state index contributed by atoms with van der Waals surface area (Å²) in [5.74, 6) is -0.695. The number of fused-ring (bicyclic) bond motifs is 1. The number of aryl methyl sites for hydroxylation is 1. The number of nitrogens with zero attached hydrogens (tertiary/aromatic N) is 1. The number of carbonyl (C=O) groups excluding carboxylic acids is 2. The summed E-state index contributed by atoms with van der Waals surface area (Å²) in [6.45, 7) is 8.17. The van der Waals surface area contributed by atoms with E-state index in [0.29, 0.717) is 18.5 Å². The molecule has 166 valence electrons. The van der Waals surface area contributed by atoms with Gasteiger partial charge in [0.05, 0.1) is 17.7 Å². The third-order valence-electron chi connectivity index (χ3n) is 5.73. The molecule has 0 aliphatic carbocycles. The number of likely N-dealkylation sites (tertiary alicyclic amines) is 1. The van der Waals surface area contributed by atoms with Crippen molar-refractivity contribution in [2.24, 2.45) is 0 Å². The Morgan fingerprint density at radius 2 is 1.94 bits per heavy atom. The van der Waals surface area contributed by atoms with Crippen LogP contribution in [0.15, 0.2) is 54.2 Å². The van der Waals surface area contributed by atoms with Gasteiger partial charge in [0, 0.05) is 34.8 Å². The number of nitrogens with one attached hydrogen (secondary N) is 1. The SMILES string of the molecule is CCCN1C(=O)C(=O)/C(=C(/O)c2ccc(OC(C)C)c(C)c2)C1c1c[nH]c2ccccc12. The van der Waals surface area contributed by atoms with Gasteiger partial charge < -0.3 is 19.7 Å². The van der Waals surface area contributed by atoms with Crippen LogP contribution < -0.4 is 4.74 Å². The summed E-state index contributed by atoms with van der Waals surface area (Å²) in [5.41, 5.74) is 3.15. The molecule has 2 heterocycles. The van der Waals surface area contributed by atoms with Crippen LogP contribution in [-0.4, -0.2) is 39.3 Å². The van der Waals surface area contributed by atoms with Gasteiger partial charge in [0.1, 0.15) is 11.5 Å². The molecule has 32 heavy (non-hydrogen) atoms. The lowest BCUT2D eigenvalue weighted by Gasteiger charge is -2.24. The van der Waals surface area contributed by atoms with Crippen LogP contribution in [0.1, 0.15) is 49.9 Å². The summed E-state index contributed by atoms with van der Waals surface area (Å²) in [5, 5.41) is 12.2. The van der Waals surface area contributed by atoms with E-state index in [1.807, 2.05) is 58.2 Å². The van der Waals surface area contributed by atoms with Gasteiger partial charge in [-0.3, -0.25) is 9.59 Å². The van der Waals surface area contributed by atoms with Crippen molar-refractivity contribution in [3.8, 4) is 5.75 Å². The molecule has 2 N–H and O–H groups in total. The summed E-state index contributed by atoms with van der Waals surface area (Å²) in [7, 11) is 0. The van der Waals surface area contributed by atoms with Crippen molar-refractivity contribution in [3.63, 3.8) is 0 Å². The van der Waals surface area contributed by atoms with E-state index in [4.69, 9.17) is 4.74 Å². The van der Waals surface area contributed by atoms with Crippen molar-refractivity contribution in [1.82, 2.24) is 9.88 Å². The number of amides is 1. The fraction of sp³-hybridized carbons (Fsp3) is 0.308. The Kier molecular flexibility index (Phi) is 5.78. The number of H-pyrrole nitrogens is 1. The molecular formula is C26H28N2O4. The number of aromatic nitrogens is 1. The lowest BCUT2D eigenvalue weighted by Crippen LogP contribution is -2.30. The first-order valence-electron chi connectivity index (χ1n) is 11.0. The van der Waals surface area contributed by atoms with Crippen LogP contribution >= 0.6 is 0 Å². The van der Waals surface area contributed by atoms with E-state index in [-0.39, 0.29) is 17.4 Å². The maximum atomic E-state index is 13.1. The van der Waals surface area contributed by atoms with Gasteiger partial charge >= 0.3 is 0 Å². The molecular weight excluding hydrogens is 404 g/mol. The van der Waals surface area contributed by atoms with E-state index in [1.54, 1.807) is 23.1 Å². The second-order valence-electron chi connectivity index (χ2n) is 8.43. The van der Waals surface area contributed by atoms with E-state index < -0.39 is 17.7 Å². The smallest absolute Gasteiger partial charge is 0.295 e. The Bertz CT molecular complexity index is 1220. The van der Waals surface area contributed by atoms with Gasteiger partial charge in [-0.1, -0.05) is 25.1 Å². The molecule has 1 aromatic heterocycles. The molecule has 6 nitrogen and oxygen atoms in total. The molecule has 1 aliphatic rings. The first-order chi connectivity index (χ1) is 15.3. The number of Topliss-reactive ketones (excluding diaryl/α,β-unsaturated/α-hetero) is 1. The number of aliphatic hydroxyl groups is 1. The molecule has 0 radical (unpaired) electrons. The summed E-state index contributed by atoms with van der Waals surface area (Å²) in [6, 6.07) is 12.4. The van der Waals surface area contributed by atoms with E-state index in [9.17, 15) is 14.7 Å². The number of benzene rings is 2. The van der Waals surface area contributed by atoms with Crippen LogP contribution in [-0.2, 0) is 9.59 Å². The van der Waals surface area contributed by atoms with Crippen LogP contribution in [0.5, 0.6) is 5.75 Å². The van der Waals surface area contributed by atoms with Gasteiger partial charge in [-0.05, 0) is 57.0 Å². The van der Waals surface area contributed by atoms with Crippen LogP contribution in [0.25, 0.3) is 16.7 Å². The number of hydrogen-bond acceptors (Lipinski definition) is 4. The summed E-state index contributed by atoms with van der Waals surface area (Å²) < 4.78 is 5.79. The molecule has 0 spiro atoms. The maximum Gasteiger partial charge on any atom is 0.295 e. The molecule has 0 bridgehead atoms. The number of ether oxygens (including phenoxy) is 1. The Balaban J connectivity index is 1.88. The zero-order valence-corrected chi connectivity index (χ0v) is 18.8. The lowest BCUT2D eigenvalue weighted by atomic mass is 9.94. The normalized spacial score (nSPS) is 18.2. The highest BCUT2D eigenvalue weighted by Gasteiger charge is 2.46. The topological polar surface area (TPSA) is 82.6 Å². The fourth-order valence-corrected chi connectivity index (χ4v) is 4.33. The van der Waals surface area contributed by atoms with Crippen molar-refractivity contribution in [2.45, 2.75) is 46.3 Å². The number of rotatable bonds is 6. The van der Waals surface area contributed by atoms with Gasteiger partial charge in [-0.15, -0.1) is 0 Å². The van der Waals surface area contributed by atoms with Crippen molar-refractivity contribution >= 4 is 28.4 Å². The summed E-state index contributed by atoms with van der Waals surface area (Å²) in [6.07, 6.45) is 2.54. The zero-order chi connectivity index (χ0) is 23.0. The molecule has 4 rings (SSSR count). The predicted molar refractivity (Wildman–Crippen MR) is 125 cm³/mol. The van der Waals surface area contributed by atoms with Gasteiger partial charge in [0.15, 0.2) is 0 Å². The molecule has 1 unspecified atom stereocenters. The minimum absolute atomic E-state index is 0.0226. The molecule has 1 amide bonds. The highest BCUT2D eigenvalue weighted by atomic mass is 16.5. The summed E-state index contributed by atoms with van der Waals surface area (Å²) >= 11 is 0. The molecule has 1 atom stereocenters. The highest BCUT2D eigenvalue weighted by Crippen LogP contribution is 2.42. The van der Waals surface area contributed by atoms with Crippen molar-refractivity contribution in [2.75, 3.05) is 6.54 Å². The lowest BCUT2D eigenvalue weighted by molar-refractivity contribution is -0.139. The van der Waals surface area contributed by atoms with Crippen molar-refractivity contribution < 1.29 is 19.4 Å². The molecule has 2 aromatic carbocycles. The quantitative estimate of drug-likeness (QED) is 0.323. The zero-order valence-electron chi connectivity index (χ0n) is 18.8. The Morgan fingerprint density at radius 3 is 2.62 bits per heavy atom. The maximum absolute atomic E-state index is 13.1. The highest BCUT2D eigenvalue weighted by molar-refractivity contribution is 6.46. The average Bonchev–Trinajstić information content (AvgIpc) is 3.29. The molecule has 1 saturated heterocycles. The van der Waals surface area contributed by atoms with E-state index in [1.165, 1.54) is 0 Å². The number of hydrogen-bond donors (Lipinski definition) is 2. The summed E-state index contributed by atoms with van der Waals surface area (Å²) in [4.78, 5) is 30.8. The number of aromatic amines is 1. The number of para-hydroxylation sites is 1. The molecule has 1 fully saturated rings. The fourth-order valence-electron chi connectivity index (χ4n) is 4.33. The average molecular weight is 433 g/mol. The number of ketones is 1. The van der Waals surface area contributed by atoms with Gasteiger partial charge in [0.2, 0.25) is 0 Å². The largest absolute Gasteiger partial charge is 0.507 e. The van der Waals surface area contributed by atoms with Crippen LogP contribution in [0, 0.1) is 6.92 Å². The van der Waals surface area contributed by atoms with E-state index >= 15 is 0 Å². The second-order valence-corrected chi connectivity index (χ2v) is 8.43. The molecule has 6 heteroatoms. The predicted octanol–water partition coefficient (Wildman–Crippen LogP) is 5.10. The molecule has 1 aliphatic heterocycles. The van der Waals surface area contributed by atoms with Gasteiger partial charge in [-0.2, -0.15) is 0 Å². The standard InChI is InChI=1S/C26H28N2O4/c1-5-12-28-23(19-14-27-20-9-7-6-8-18(19)20)22(25(30)26(28)31)24(29)17-10-11-21(16(4)13-17)32-15(2)3/h6-11,13-15,23,27,29H,5,12H2,1-4H3/b24-22+.